The smallest absolute Gasteiger partial charge is 0.151 e. The SMILES string of the molecule is Cc1cc(-n2cccn2)c(F)cc1F. The summed E-state index contributed by atoms with van der Waals surface area (Å²) in [5.74, 6) is -1.16. The van der Waals surface area contributed by atoms with Gasteiger partial charge in [0.2, 0.25) is 0 Å². The van der Waals surface area contributed by atoms with Gasteiger partial charge in [-0.2, -0.15) is 5.10 Å². The predicted molar refractivity (Wildman–Crippen MR) is 48.2 cm³/mol. The number of benzene rings is 1. The molecule has 0 amide bonds. The van der Waals surface area contributed by atoms with Crippen molar-refractivity contribution in [3.8, 4) is 5.69 Å². The molecule has 0 spiro atoms. The van der Waals surface area contributed by atoms with Crippen molar-refractivity contribution >= 4 is 0 Å². The van der Waals surface area contributed by atoms with Gasteiger partial charge in [-0.25, -0.2) is 13.5 Å². The normalized spacial score (nSPS) is 10.5. The fourth-order valence-corrected chi connectivity index (χ4v) is 1.23. The standard InChI is InChI=1S/C10H8F2N2/c1-7-5-10(9(12)6-8(7)11)14-4-2-3-13-14/h2-6H,1H3. The number of hydrogen-bond donors (Lipinski definition) is 0. The Kier molecular flexibility index (Phi) is 2.04. The van der Waals surface area contributed by atoms with Crippen LogP contribution >= 0.6 is 0 Å². The summed E-state index contributed by atoms with van der Waals surface area (Å²) in [5, 5.41) is 3.87. The van der Waals surface area contributed by atoms with Crippen LogP contribution in [-0.2, 0) is 0 Å². The van der Waals surface area contributed by atoms with Crippen LogP contribution in [0, 0.1) is 18.6 Å². The number of nitrogens with zero attached hydrogens (tertiary/aromatic N) is 2. The molecule has 14 heavy (non-hydrogen) atoms. The molecule has 0 bridgehead atoms. The fraction of sp³-hybridized carbons (Fsp3) is 0.100. The van der Waals surface area contributed by atoms with Gasteiger partial charge in [0.15, 0.2) is 5.82 Å². The first-order valence-electron chi connectivity index (χ1n) is 4.14. The minimum Gasteiger partial charge on any atom is -0.238 e. The second-order valence-electron chi connectivity index (χ2n) is 3.00. The number of hydrogen-bond acceptors (Lipinski definition) is 1. The molecule has 1 heterocycles. The summed E-state index contributed by atoms with van der Waals surface area (Å²) >= 11 is 0. The average molecular weight is 194 g/mol. The number of rotatable bonds is 1. The highest BCUT2D eigenvalue weighted by Gasteiger charge is 2.08. The maximum absolute atomic E-state index is 13.3. The summed E-state index contributed by atoms with van der Waals surface area (Å²) in [4.78, 5) is 0. The summed E-state index contributed by atoms with van der Waals surface area (Å²) in [6.45, 7) is 1.59. The van der Waals surface area contributed by atoms with Gasteiger partial charge in [0, 0.05) is 18.5 Å². The molecule has 2 aromatic rings. The molecule has 0 aliphatic heterocycles. The van der Waals surface area contributed by atoms with Crippen LogP contribution in [-0.4, -0.2) is 9.78 Å². The monoisotopic (exact) mass is 194 g/mol. The molecular weight excluding hydrogens is 186 g/mol. The minimum absolute atomic E-state index is 0.258. The highest BCUT2D eigenvalue weighted by molar-refractivity contribution is 5.36. The molecule has 0 unspecified atom stereocenters. The third-order valence-electron chi connectivity index (χ3n) is 1.98. The zero-order valence-electron chi connectivity index (χ0n) is 7.54. The van der Waals surface area contributed by atoms with E-state index in [-0.39, 0.29) is 5.69 Å². The van der Waals surface area contributed by atoms with Crippen molar-refractivity contribution in [3.63, 3.8) is 0 Å². The van der Waals surface area contributed by atoms with Crippen LogP contribution in [0.25, 0.3) is 5.69 Å². The maximum Gasteiger partial charge on any atom is 0.151 e. The van der Waals surface area contributed by atoms with Crippen molar-refractivity contribution in [3.05, 3.63) is 47.8 Å². The lowest BCUT2D eigenvalue weighted by atomic mass is 10.2. The van der Waals surface area contributed by atoms with E-state index in [1.54, 1.807) is 19.2 Å². The van der Waals surface area contributed by atoms with E-state index in [0.717, 1.165) is 6.07 Å². The molecule has 1 aromatic heterocycles. The lowest BCUT2D eigenvalue weighted by Gasteiger charge is -2.05. The summed E-state index contributed by atoms with van der Waals surface area (Å²) in [5.41, 5.74) is 0.658. The van der Waals surface area contributed by atoms with Gasteiger partial charge in [-0.15, -0.1) is 0 Å². The van der Waals surface area contributed by atoms with Gasteiger partial charge in [0.05, 0.1) is 0 Å². The van der Waals surface area contributed by atoms with Gasteiger partial charge in [-0.1, -0.05) is 0 Å². The largest absolute Gasteiger partial charge is 0.238 e. The Morgan fingerprint density at radius 3 is 2.64 bits per heavy atom. The van der Waals surface area contributed by atoms with Crippen LogP contribution in [0.15, 0.2) is 30.6 Å². The Hall–Kier alpha value is -1.71. The van der Waals surface area contributed by atoms with Crippen LogP contribution in [0.4, 0.5) is 8.78 Å². The highest BCUT2D eigenvalue weighted by Crippen LogP contribution is 2.17. The molecule has 0 aliphatic rings. The molecule has 0 fully saturated rings. The summed E-state index contributed by atoms with van der Waals surface area (Å²) < 4.78 is 27.6. The Morgan fingerprint density at radius 1 is 1.21 bits per heavy atom. The Morgan fingerprint density at radius 2 is 2.00 bits per heavy atom. The first-order valence-corrected chi connectivity index (χ1v) is 4.14. The Balaban J connectivity index is 2.60. The van der Waals surface area contributed by atoms with Gasteiger partial charge in [-0.05, 0) is 24.6 Å². The first kappa shape index (κ1) is 8.87. The maximum atomic E-state index is 13.3. The van der Waals surface area contributed by atoms with E-state index in [4.69, 9.17) is 0 Å². The van der Waals surface area contributed by atoms with Gasteiger partial charge < -0.3 is 0 Å². The lowest BCUT2D eigenvalue weighted by molar-refractivity contribution is 0.568. The van der Waals surface area contributed by atoms with E-state index in [9.17, 15) is 8.78 Å². The zero-order valence-corrected chi connectivity index (χ0v) is 7.54. The molecular formula is C10H8F2N2. The van der Waals surface area contributed by atoms with Crippen LogP contribution in [0.3, 0.4) is 0 Å². The fourth-order valence-electron chi connectivity index (χ4n) is 1.23. The topological polar surface area (TPSA) is 17.8 Å². The van der Waals surface area contributed by atoms with E-state index < -0.39 is 11.6 Å². The first-order chi connectivity index (χ1) is 6.68. The number of aryl methyl sites for hydroxylation is 1. The van der Waals surface area contributed by atoms with Crippen molar-refractivity contribution in [1.29, 1.82) is 0 Å². The summed E-state index contributed by atoms with van der Waals surface area (Å²) in [7, 11) is 0. The van der Waals surface area contributed by atoms with E-state index in [2.05, 4.69) is 5.10 Å². The summed E-state index contributed by atoms with van der Waals surface area (Å²) in [6, 6.07) is 3.97. The van der Waals surface area contributed by atoms with Crippen molar-refractivity contribution in [2.45, 2.75) is 6.92 Å². The lowest BCUT2D eigenvalue weighted by Crippen LogP contribution is -2.00. The number of halogens is 2. The van der Waals surface area contributed by atoms with Gasteiger partial charge >= 0.3 is 0 Å². The molecule has 0 radical (unpaired) electrons. The van der Waals surface area contributed by atoms with E-state index in [1.807, 2.05) is 0 Å². The molecule has 0 saturated carbocycles. The molecule has 2 rings (SSSR count). The van der Waals surface area contributed by atoms with Gasteiger partial charge in [0.25, 0.3) is 0 Å². The second kappa shape index (κ2) is 3.21. The van der Waals surface area contributed by atoms with Crippen LogP contribution < -0.4 is 0 Å². The quantitative estimate of drug-likeness (QED) is 0.681. The molecule has 2 nitrogen and oxygen atoms in total. The third-order valence-corrected chi connectivity index (χ3v) is 1.98. The molecule has 4 heteroatoms. The molecule has 1 aromatic carbocycles. The van der Waals surface area contributed by atoms with Crippen molar-refractivity contribution in [2.24, 2.45) is 0 Å². The van der Waals surface area contributed by atoms with Crippen LogP contribution in [0.5, 0.6) is 0 Å². The van der Waals surface area contributed by atoms with E-state index >= 15 is 0 Å². The predicted octanol–water partition coefficient (Wildman–Crippen LogP) is 2.46. The highest BCUT2D eigenvalue weighted by atomic mass is 19.1. The second-order valence-corrected chi connectivity index (χ2v) is 3.00. The average Bonchev–Trinajstić information content (AvgIpc) is 2.64. The van der Waals surface area contributed by atoms with E-state index in [1.165, 1.54) is 16.9 Å². The van der Waals surface area contributed by atoms with Crippen LogP contribution in [0.2, 0.25) is 0 Å². The molecule has 0 saturated heterocycles. The van der Waals surface area contributed by atoms with Crippen molar-refractivity contribution < 1.29 is 8.78 Å². The molecule has 0 aliphatic carbocycles. The molecule has 0 N–H and O–H groups in total. The Bertz CT molecular complexity index is 449. The van der Waals surface area contributed by atoms with Gasteiger partial charge in [-0.3, -0.25) is 0 Å². The minimum atomic E-state index is -0.614. The van der Waals surface area contributed by atoms with Crippen molar-refractivity contribution in [1.82, 2.24) is 9.78 Å². The van der Waals surface area contributed by atoms with Gasteiger partial charge in [0.1, 0.15) is 11.5 Å². The number of aromatic nitrogens is 2. The van der Waals surface area contributed by atoms with Crippen LogP contribution in [0.1, 0.15) is 5.56 Å². The molecule has 72 valence electrons. The Labute approximate surface area is 79.8 Å². The van der Waals surface area contributed by atoms with E-state index in [0.29, 0.717) is 5.56 Å². The summed E-state index contributed by atoms with van der Waals surface area (Å²) in [6.07, 6.45) is 3.15. The third kappa shape index (κ3) is 1.39. The van der Waals surface area contributed by atoms with Crippen molar-refractivity contribution in [2.75, 3.05) is 0 Å². The molecule has 0 atom stereocenters. The zero-order chi connectivity index (χ0) is 10.1.